The summed E-state index contributed by atoms with van der Waals surface area (Å²) in [6.45, 7) is 3.45. The van der Waals surface area contributed by atoms with Crippen molar-refractivity contribution < 1.29 is 13.9 Å². The van der Waals surface area contributed by atoms with Gasteiger partial charge in [-0.15, -0.1) is 0 Å². The zero-order chi connectivity index (χ0) is 20.6. The smallest absolute Gasteiger partial charge is 0.253 e. The molecule has 2 aliphatic heterocycles. The van der Waals surface area contributed by atoms with Crippen LogP contribution >= 0.6 is 0 Å². The van der Waals surface area contributed by atoms with Crippen molar-refractivity contribution >= 4 is 22.5 Å². The first kappa shape index (κ1) is 19.3. The van der Waals surface area contributed by atoms with Gasteiger partial charge < -0.3 is 14.6 Å². The lowest BCUT2D eigenvalue weighted by Gasteiger charge is -2.42. The third kappa shape index (κ3) is 3.73. The van der Waals surface area contributed by atoms with E-state index in [0.29, 0.717) is 6.54 Å². The summed E-state index contributed by atoms with van der Waals surface area (Å²) in [5.41, 5.74) is 2.90. The zero-order valence-corrected chi connectivity index (χ0v) is 16.9. The van der Waals surface area contributed by atoms with Crippen LogP contribution < -0.4 is 4.90 Å². The Bertz CT molecular complexity index is 1050. The summed E-state index contributed by atoms with van der Waals surface area (Å²) >= 11 is 0. The van der Waals surface area contributed by atoms with Crippen molar-refractivity contribution in [3.63, 3.8) is 0 Å². The first-order chi connectivity index (χ1) is 14.6. The summed E-state index contributed by atoms with van der Waals surface area (Å²) in [4.78, 5) is 20.0. The minimum Gasteiger partial charge on any atom is -0.363 e. The van der Waals surface area contributed by atoms with Crippen LogP contribution in [0.4, 0.5) is 10.1 Å². The van der Waals surface area contributed by atoms with Crippen molar-refractivity contribution in [2.75, 3.05) is 31.1 Å². The Morgan fingerprint density at radius 1 is 1.07 bits per heavy atom. The van der Waals surface area contributed by atoms with Crippen molar-refractivity contribution in [3.05, 3.63) is 66.1 Å². The maximum Gasteiger partial charge on any atom is 0.253 e. The van der Waals surface area contributed by atoms with Gasteiger partial charge in [0.15, 0.2) is 0 Å². The topological polar surface area (TPSA) is 48.6 Å². The molecule has 156 valence electrons. The Morgan fingerprint density at radius 2 is 1.93 bits per heavy atom. The molecule has 3 aromatic rings. The van der Waals surface area contributed by atoms with Gasteiger partial charge in [0.05, 0.1) is 12.1 Å². The molecule has 1 spiro atoms. The lowest BCUT2D eigenvalue weighted by molar-refractivity contribution is -0.140. The molecular formula is C24H26FN3O2. The van der Waals surface area contributed by atoms with Crippen LogP contribution in [0.3, 0.4) is 0 Å². The SMILES string of the molecule is O=C1COC2(CCCN(Cc3cccc4[nH]ccc34)CC2)CN1c1ccc(F)cc1. The van der Waals surface area contributed by atoms with E-state index in [-0.39, 0.29) is 23.9 Å². The van der Waals surface area contributed by atoms with E-state index in [1.807, 2.05) is 6.20 Å². The number of carbonyl (C=O) groups is 1. The van der Waals surface area contributed by atoms with Crippen molar-refractivity contribution in [2.24, 2.45) is 0 Å². The van der Waals surface area contributed by atoms with Gasteiger partial charge in [-0.25, -0.2) is 4.39 Å². The summed E-state index contributed by atoms with van der Waals surface area (Å²) in [5.74, 6) is -0.357. The van der Waals surface area contributed by atoms with E-state index in [0.717, 1.165) is 44.6 Å². The lowest BCUT2D eigenvalue weighted by Crippen LogP contribution is -2.55. The molecule has 2 fully saturated rings. The number of nitrogens with one attached hydrogen (secondary N) is 1. The fourth-order valence-corrected chi connectivity index (χ4v) is 4.78. The number of rotatable bonds is 3. The first-order valence-corrected chi connectivity index (χ1v) is 10.6. The number of carbonyl (C=O) groups excluding carboxylic acids is 1. The summed E-state index contributed by atoms with van der Waals surface area (Å²) in [5, 5.41) is 1.28. The molecular weight excluding hydrogens is 381 g/mol. The lowest BCUT2D eigenvalue weighted by atomic mass is 9.92. The normalized spacial score (nSPS) is 23.2. The summed E-state index contributed by atoms with van der Waals surface area (Å²) in [6, 6.07) is 14.7. The molecule has 2 aliphatic rings. The van der Waals surface area contributed by atoms with E-state index < -0.39 is 0 Å². The molecule has 1 amide bonds. The Balaban J connectivity index is 1.30. The van der Waals surface area contributed by atoms with Gasteiger partial charge in [0.25, 0.3) is 5.91 Å². The number of benzene rings is 2. The second-order valence-electron chi connectivity index (χ2n) is 8.41. The highest BCUT2D eigenvalue weighted by atomic mass is 19.1. The van der Waals surface area contributed by atoms with E-state index in [1.165, 1.54) is 28.6 Å². The number of H-pyrrole nitrogens is 1. The Labute approximate surface area is 175 Å². The minimum atomic E-state index is -0.336. The van der Waals surface area contributed by atoms with E-state index in [1.54, 1.807) is 17.0 Å². The Hall–Kier alpha value is -2.70. The number of morpholine rings is 1. The molecule has 1 unspecified atom stereocenters. The van der Waals surface area contributed by atoms with Gasteiger partial charge in [0.2, 0.25) is 0 Å². The largest absolute Gasteiger partial charge is 0.363 e. The molecule has 1 N–H and O–H groups in total. The number of ether oxygens (including phenoxy) is 1. The minimum absolute atomic E-state index is 0.0625. The number of hydrogen-bond acceptors (Lipinski definition) is 3. The van der Waals surface area contributed by atoms with Crippen LogP contribution in [-0.2, 0) is 16.1 Å². The molecule has 5 nitrogen and oxygen atoms in total. The fourth-order valence-electron chi connectivity index (χ4n) is 4.78. The van der Waals surface area contributed by atoms with Crippen molar-refractivity contribution in [2.45, 2.75) is 31.4 Å². The van der Waals surface area contributed by atoms with Crippen LogP contribution in [0, 0.1) is 5.82 Å². The summed E-state index contributed by atoms with van der Waals surface area (Å²) in [6.07, 6.45) is 4.81. The molecule has 2 saturated heterocycles. The number of halogens is 1. The van der Waals surface area contributed by atoms with Gasteiger partial charge >= 0.3 is 0 Å². The number of aromatic amines is 1. The number of nitrogens with zero attached hydrogens (tertiary/aromatic N) is 2. The van der Waals surface area contributed by atoms with Crippen LogP contribution in [0.1, 0.15) is 24.8 Å². The molecule has 0 aliphatic carbocycles. The number of hydrogen-bond donors (Lipinski definition) is 1. The predicted octanol–water partition coefficient (Wildman–Crippen LogP) is 4.10. The predicted molar refractivity (Wildman–Crippen MR) is 115 cm³/mol. The summed E-state index contributed by atoms with van der Waals surface area (Å²) < 4.78 is 19.4. The van der Waals surface area contributed by atoms with Gasteiger partial charge in [-0.1, -0.05) is 12.1 Å². The average Bonchev–Trinajstić information content (AvgIpc) is 3.16. The van der Waals surface area contributed by atoms with Gasteiger partial charge in [-0.3, -0.25) is 9.69 Å². The van der Waals surface area contributed by atoms with Crippen LogP contribution in [0.2, 0.25) is 0 Å². The number of anilines is 1. The van der Waals surface area contributed by atoms with E-state index in [2.05, 4.69) is 34.1 Å². The van der Waals surface area contributed by atoms with Crippen molar-refractivity contribution in [1.82, 2.24) is 9.88 Å². The third-order valence-electron chi connectivity index (χ3n) is 6.46. The van der Waals surface area contributed by atoms with Crippen LogP contribution in [0.5, 0.6) is 0 Å². The molecule has 6 heteroatoms. The molecule has 5 rings (SSSR count). The molecule has 1 aromatic heterocycles. The molecule has 0 saturated carbocycles. The molecule has 0 bridgehead atoms. The molecule has 0 radical (unpaired) electrons. The maximum atomic E-state index is 13.3. The standard InChI is InChI=1S/C24H26FN3O2/c25-19-5-7-20(8-6-19)28-17-24(30-16-23(28)29)10-2-13-27(14-11-24)15-18-3-1-4-22-21(18)9-12-26-22/h1,3-9,12,26H,2,10-11,13-17H2. The highest BCUT2D eigenvalue weighted by Gasteiger charge is 2.41. The van der Waals surface area contributed by atoms with E-state index in [9.17, 15) is 9.18 Å². The Kier molecular flexibility index (Phi) is 5.05. The van der Waals surface area contributed by atoms with Crippen molar-refractivity contribution in [3.8, 4) is 0 Å². The maximum absolute atomic E-state index is 13.3. The molecule has 30 heavy (non-hydrogen) atoms. The average molecular weight is 407 g/mol. The highest BCUT2D eigenvalue weighted by Crippen LogP contribution is 2.33. The molecule has 2 aromatic carbocycles. The fraction of sp³-hybridized carbons (Fsp3) is 0.375. The monoisotopic (exact) mass is 407 g/mol. The van der Waals surface area contributed by atoms with Gasteiger partial charge in [0.1, 0.15) is 12.4 Å². The van der Waals surface area contributed by atoms with Crippen LogP contribution in [0.25, 0.3) is 10.9 Å². The number of likely N-dealkylation sites (tertiary alicyclic amines) is 1. The van der Waals surface area contributed by atoms with E-state index >= 15 is 0 Å². The van der Waals surface area contributed by atoms with Crippen molar-refractivity contribution in [1.29, 1.82) is 0 Å². The number of fused-ring (bicyclic) bond motifs is 1. The second-order valence-corrected chi connectivity index (χ2v) is 8.41. The molecule has 3 heterocycles. The second kappa shape index (κ2) is 7.85. The summed E-state index contributed by atoms with van der Waals surface area (Å²) in [7, 11) is 0. The van der Waals surface area contributed by atoms with E-state index in [4.69, 9.17) is 4.74 Å². The first-order valence-electron chi connectivity index (χ1n) is 10.6. The number of aromatic nitrogens is 1. The molecule has 1 atom stereocenters. The van der Waals surface area contributed by atoms with Gasteiger partial charge in [-0.2, -0.15) is 0 Å². The Morgan fingerprint density at radius 3 is 2.80 bits per heavy atom. The quantitative estimate of drug-likeness (QED) is 0.711. The zero-order valence-electron chi connectivity index (χ0n) is 16.9. The van der Waals surface area contributed by atoms with Gasteiger partial charge in [0, 0.05) is 35.9 Å². The third-order valence-corrected chi connectivity index (χ3v) is 6.46. The van der Waals surface area contributed by atoms with Crippen LogP contribution in [-0.4, -0.2) is 47.6 Å². The highest BCUT2D eigenvalue weighted by molar-refractivity contribution is 5.95. The van der Waals surface area contributed by atoms with Gasteiger partial charge in [-0.05, 0) is 67.8 Å². The van der Waals surface area contributed by atoms with Crippen LogP contribution in [0.15, 0.2) is 54.7 Å². The number of amides is 1.